The molecule has 8 nitrogen and oxygen atoms in total. The van der Waals surface area contributed by atoms with Crippen molar-refractivity contribution >= 4 is 23.2 Å². The van der Waals surface area contributed by atoms with Gasteiger partial charge in [0.15, 0.2) is 5.82 Å². The van der Waals surface area contributed by atoms with Gasteiger partial charge in [-0.05, 0) is 12.1 Å². The Morgan fingerprint density at radius 2 is 2.19 bits per heavy atom. The van der Waals surface area contributed by atoms with Crippen LogP contribution in [0.1, 0.15) is 16.2 Å². The zero-order chi connectivity index (χ0) is 15.0. The number of hydrogen-bond donors (Lipinski definition) is 0. The Morgan fingerprint density at radius 1 is 1.38 bits per heavy atom. The Bertz CT molecular complexity index is 729. The Balaban J connectivity index is 1.86. The van der Waals surface area contributed by atoms with Crippen LogP contribution in [-0.2, 0) is 13.1 Å². The van der Waals surface area contributed by atoms with Crippen molar-refractivity contribution in [3.8, 4) is 0 Å². The minimum Gasteiger partial charge on any atom is -0.329 e. The van der Waals surface area contributed by atoms with E-state index in [4.69, 9.17) is 11.6 Å². The zero-order valence-electron chi connectivity index (χ0n) is 10.8. The van der Waals surface area contributed by atoms with Crippen LogP contribution in [-0.4, -0.2) is 37.0 Å². The maximum atomic E-state index is 12.4. The fourth-order valence-corrected chi connectivity index (χ4v) is 2.39. The van der Waals surface area contributed by atoms with E-state index in [0.29, 0.717) is 25.5 Å². The average Bonchev–Trinajstić information content (AvgIpc) is 2.94. The molecule has 0 N–H and O–H groups in total. The number of carbonyl (C=O) groups excluding carboxylic acids is 1. The smallest absolute Gasteiger partial charge is 0.288 e. The molecule has 108 valence electrons. The van der Waals surface area contributed by atoms with Crippen molar-refractivity contribution in [3.05, 3.63) is 51.1 Å². The van der Waals surface area contributed by atoms with Gasteiger partial charge in [-0.15, -0.1) is 10.2 Å². The molecule has 9 heteroatoms. The number of aromatic nitrogens is 3. The third-order valence-corrected chi connectivity index (χ3v) is 3.64. The van der Waals surface area contributed by atoms with Gasteiger partial charge in [0.05, 0.1) is 11.5 Å². The summed E-state index contributed by atoms with van der Waals surface area (Å²) in [7, 11) is 0. The van der Waals surface area contributed by atoms with Crippen LogP contribution >= 0.6 is 11.6 Å². The molecule has 2 aromatic rings. The highest BCUT2D eigenvalue weighted by Gasteiger charge is 2.24. The van der Waals surface area contributed by atoms with Crippen LogP contribution in [0, 0.1) is 10.1 Å². The molecule has 0 atom stereocenters. The van der Waals surface area contributed by atoms with Crippen molar-refractivity contribution in [2.75, 3.05) is 6.54 Å². The van der Waals surface area contributed by atoms with E-state index in [1.54, 1.807) is 11.2 Å². The summed E-state index contributed by atoms with van der Waals surface area (Å²) in [6.07, 6.45) is 1.62. The standard InChI is InChI=1S/C12H10ClN5O3/c13-9-2-1-8(5-10(9)18(20)21)12(19)16-3-4-17-7-14-15-11(17)6-16/h1-2,5,7H,3-4,6H2. The minimum absolute atomic E-state index is 0.00920. The number of nitro benzene ring substituents is 1. The van der Waals surface area contributed by atoms with Crippen molar-refractivity contribution in [1.82, 2.24) is 19.7 Å². The topological polar surface area (TPSA) is 94.2 Å². The summed E-state index contributed by atoms with van der Waals surface area (Å²) in [5, 5.41) is 18.6. The molecule has 0 fully saturated rings. The quantitative estimate of drug-likeness (QED) is 0.619. The second-order valence-corrected chi connectivity index (χ2v) is 5.00. The molecule has 1 aliphatic rings. The molecule has 0 saturated carbocycles. The Hall–Kier alpha value is -2.48. The SMILES string of the molecule is O=C(c1ccc(Cl)c([N+](=O)[O-])c1)N1CCn2cnnc2C1. The predicted octanol–water partition coefficient (Wildman–Crippen LogP) is 1.50. The molecule has 0 radical (unpaired) electrons. The molecule has 2 heterocycles. The Labute approximate surface area is 124 Å². The van der Waals surface area contributed by atoms with Crippen LogP contribution < -0.4 is 0 Å². The lowest BCUT2D eigenvalue weighted by molar-refractivity contribution is -0.384. The van der Waals surface area contributed by atoms with E-state index < -0.39 is 4.92 Å². The first kappa shape index (κ1) is 13.5. The molecule has 1 aromatic heterocycles. The van der Waals surface area contributed by atoms with E-state index in [1.165, 1.54) is 18.2 Å². The van der Waals surface area contributed by atoms with Gasteiger partial charge in [-0.25, -0.2) is 0 Å². The van der Waals surface area contributed by atoms with E-state index in [2.05, 4.69) is 10.2 Å². The van der Waals surface area contributed by atoms with E-state index in [0.717, 1.165) is 0 Å². The van der Waals surface area contributed by atoms with Gasteiger partial charge in [0.2, 0.25) is 0 Å². The van der Waals surface area contributed by atoms with Gasteiger partial charge < -0.3 is 9.47 Å². The largest absolute Gasteiger partial charge is 0.329 e. The number of hydrogen-bond acceptors (Lipinski definition) is 5. The lowest BCUT2D eigenvalue weighted by Crippen LogP contribution is -2.38. The fourth-order valence-electron chi connectivity index (χ4n) is 2.21. The summed E-state index contributed by atoms with van der Waals surface area (Å²) >= 11 is 5.75. The maximum absolute atomic E-state index is 12.4. The molecule has 1 amide bonds. The van der Waals surface area contributed by atoms with Crippen molar-refractivity contribution in [1.29, 1.82) is 0 Å². The predicted molar refractivity (Wildman–Crippen MR) is 72.9 cm³/mol. The monoisotopic (exact) mass is 307 g/mol. The van der Waals surface area contributed by atoms with Gasteiger partial charge in [-0.2, -0.15) is 0 Å². The highest BCUT2D eigenvalue weighted by Crippen LogP contribution is 2.26. The van der Waals surface area contributed by atoms with Crippen molar-refractivity contribution in [2.24, 2.45) is 0 Å². The van der Waals surface area contributed by atoms with Crippen molar-refractivity contribution in [3.63, 3.8) is 0 Å². The third kappa shape index (κ3) is 2.45. The molecule has 3 rings (SSSR count). The third-order valence-electron chi connectivity index (χ3n) is 3.32. The molecule has 0 saturated heterocycles. The van der Waals surface area contributed by atoms with Crippen LogP contribution in [0.25, 0.3) is 0 Å². The number of halogens is 1. The summed E-state index contributed by atoms with van der Waals surface area (Å²) < 4.78 is 1.87. The lowest BCUT2D eigenvalue weighted by Gasteiger charge is -2.27. The fraction of sp³-hybridized carbons (Fsp3) is 0.250. The second kappa shape index (κ2) is 5.13. The Kier molecular flexibility index (Phi) is 3.30. The number of nitro groups is 1. The molecule has 0 bridgehead atoms. The molecule has 21 heavy (non-hydrogen) atoms. The highest BCUT2D eigenvalue weighted by molar-refractivity contribution is 6.32. The molecule has 1 aliphatic heterocycles. The highest BCUT2D eigenvalue weighted by atomic mass is 35.5. The Morgan fingerprint density at radius 3 is 2.95 bits per heavy atom. The van der Waals surface area contributed by atoms with Gasteiger partial charge in [0.25, 0.3) is 11.6 Å². The minimum atomic E-state index is -0.605. The summed E-state index contributed by atoms with van der Waals surface area (Å²) in [4.78, 5) is 24.3. The summed E-state index contributed by atoms with van der Waals surface area (Å²) in [5.41, 5.74) is -0.0400. The van der Waals surface area contributed by atoms with Gasteiger partial charge in [-0.1, -0.05) is 11.6 Å². The number of rotatable bonds is 2. The first-order valence-corrected chi connectivity index (χ1v) is 6.54. The van der Waals surface area contributed by atoms with E-state index in [1.807, 2.05) is 4.57 Å². The van der Waals surface area contributed by atoms with E-state index >= 15 is 0 Å². The lowest BCUT2D eigenvalue weighted by atomic mass is 10.1. The van der Waals surface area contributed by atoms with E-state index in [9.17, 15) is 14.9 Å². The van der Waals surface area contributed by atoms with E-state index in [-0.39, 0.29) is 22.2 Å². The maximum Gasteiger partial charge on any atom is 0.288 e. The summed E-state index contributed by atoms with van der Waals surface area (Å²) in [6.45, 7) is 1.43. The van der Waals surface area contributed by atoms with Crippen molar-refractivity contribution < 1.29 is 9.72 Å². The van der Waals surface area contributed by atoms with Crippen LogP contribution in [0.15, 0.2) is 24.5 Å². The second-order valence-electron chi connectivity index (χ2n) is 4.59. The van der Waals surface area contributed by atoms with Gasteiger partial charge in [-0.3, -0.25) is 14.9 Å². The molecule has 1 aromatic carbocycles. The summed E-state index contributed by atoms with van der Waals surface area (Å²) in [5.74, 6) is 0.405. The average molecular weight is 308 g/mol. The molecule has 0 aliphatic carbocycles. The van der Waals surface area contributed by atoms with Gasteiger partial charge >= 0.3 is 0 Å². The number of amides is 1. The zero-order valence-corrected chi connectivity index (χ0v) is 11.5. The number of nitrogens with zero attached hydrogens (tertiary/aromatic N) is 5. The van der Waals surface area contributed by atoms with Gasteiger partial charge in [0, 0.05) is 24.7 Å². The molecular formula is C12H10ClN5O3. The summed E-state index contributed by atoms with van der Waals surface area (Å²) in [6, 6.07) is 4.04. The van der Waals surface area contributed by atoms with Gasteiger partial charge in [0.1, 0.15) is 11.3 Å². The number of carbonyl (C=O) groups is 1. The number of fused-ring (bicyclic) bond motifs is 1. The van der Waals surface area contributed by atoms with Crippen LogP contribution in [0.3, 0.4) is 0 Å². The van der Waals surface area contributed by atoms with Crippen LogP contribution in [0.4, 0.5) is 5.69 Å². The first-order valence-electron chi connectivity index (χ1n) is 6.16. The number of benzene rings is 1. The normalized spacial score (nSPS) is 13.9. The van der Waals surface area contributed by atoms with Crippen molar-refractivity contribution in [2.45, 2.75) is 13.1 Å². The van der Waals surface area contributed by atoms with Crippen LogP contribution in [0.2, 0.25) is 5.02 Å². The van der Waals surface area contributed by atoms with Crippen LogP contribution in [0.5, 0.6) is 0 Å². The molecular weight excluding hydrogens is 298 g/mol. The molecule has 0 unspecified atom stereocenters. The molecule has 0 spiro atoms. The first-order chi connectivity index (χ1) is 10.1.